The molecule has 2 heterocycles. The largest absolute Gasteiger partial charge is 0.314 e. The van der Waals surface area contributed by atoms with Gasteiger partial charge in [0.1, 0.15) is 0 Å². The van der Waals surface area contributed by atoms with E-state index in [1.807, 2.05) is 12.3 Å². The van der Waals surface area contributed by atoms with Crippen molar-refractivity contribution in [1.29, 1.82) is 0 Å². The zero-order chi connectivity index (χ0) is 13.7. The molecule has 2 aromatic heterocycles. The minimum atomic E-state index is 0.0570. The van der Waals surface area contributed by atoms with E-state index in [9.17, 15) is 4.79 Å². The van der Waals surface area contributed by atoms with Crippen molar-refractivity contribution in [3.63, 3.8) is 0 Å². The molecule has 2 aromatic rings. The number of nitrogens with one attached hydrogen (secondary N) is 1. The molecule has 3 nitrogen and oxygen atoms in total. The zero-order valence-electron chi connectivity index (χ0n) is 11.4. The van der Waals surface area contributed by atoms with Crippen molar-refractivity contribution >= 4 is 11.3 Å². The van der Waals surface area contributed by atoms with Gasteiger partial charge >= 0.3 is 0 Å². The highest BCUT2D eigenvalue weighted by atomic mass is 32.1. The second kappa shape index (κ2) is 6.68. The fraction of sp³-hybridized carbons (Fsp3) is 0.400. The molecule has 19 heavy (non-hydrogen) atoms. The van der Waals surface area contributed by atoms with Crippen LogP contribution in [-0.4, -0.2) is 11.1 Å². The summed E-state index contributed by atoms with van der Waals surface area (Å²) in [7, 11) is 0. The molecule has 0 radical (unpaired) electrons. The summed E-state index contributed by atoms with van der Waals surface area (Å²) in [6.07, 6.45) is 1.83. The number of hydrogen-bond donors (Lipinski definition) is 1. The topological polar surface area (TPSA) is 34.0 Å². The Morgan fingerprint density at radius 3 is 2.74 bits per heavy atom. The van der Waals surface area contributed by atoms with Crippen LogP contribution in [0.3, 0.4) is 0 Å². The molecule has 0 saturated carbocycles. The van der Waals surface area contributed by atoms with Crippen LogP contribution in [0.1, 0.15) is 24.8 Å². The van der Waals surface area contributed by atoms with Crippen molar-refractivity contribution in [3.05, 3.63) is 57.1 Å². The third kappa shape index (κ3) is 3.78. The Bertz CT molecular complexity index is 545. The Hall–Kier alpha value is -1.39. The Balaban J connectivity index is 1.94. The van der Waals surface area contributed by atoms with Gasteiger partial charge in [0.2, 0.25) is 0 Å². The van der Waals surface area contributed by atoms with E-state index in [2.05, 4.69) is 36.7 Å². The van der Waals surface area contributed by atoms with Gasteiger partial charge in [-0.25, -0.2) is 0 Å². The highest BCUT2D eigenvalue weighted by Crippen LogP contribution is 2.25. The predicted octanol–water partition coefficient (Wildman–Crippen LogP) is 2.90. The molecule has 0 aromatic carbocycles. The van der Waals surface area contributed by atoms with Crippen LogP contribution in [0.5, 0.6) is 0 Å². The standard InChI is InChI=1S/C15H20N2OS/c1-12(2)15(13-6-5-11-19-13)16-8-10-17-9-4-3-7-14(17)18/h3-7,9,11-12,15-16H,8,10H2,1-2H3. The van der Waals surface area contributed by atoms with Crippen LogP contribution in [-0.2, 0) is 6.54 Å². The summed E-state index contributed by atoms with van der Waals surface area (Å²) in [6.45, 7) is 5.93. The van der Waals surface area contributed by atoms with Crippen molar-refractivity contribution in [2.24, 2.45) is 5.92 Å². The molecule has 0 fully saturated rings. The Morgan fingerprint density at radius 2 is 2.11 bits per heavy atom. The van der Waals surface area contributed by atoms with Crippen LogP contribution in [0.2, 0.25) is 0 Å². The highest BCUT2D eigenvalue weighted by Gasteiger charge is 2.15. The Labute approximate surface area is 117 Å². The van der Waals surface area contributed by atoms with Gasteiger partial charge in [-0.05, 0) is 23.4 Å². The summed E-state index contributed by atoms with van der Waals surface area (Å²) in [5.41, 5.74) is 0.0570. The molecule has 0 aliphatic rings. The lowest BCUT2D eigenvalue weighted by Crippen LogP contribution is -2.30. The average Bonchev–Trinajstić information content (AvgIpc) is 2.89. The summed E-state index contributed by atoms with van der Waals surface area (Å²) >= 11 is 1.78. The highest BCUT2D eigenvalue weighted by molar-refractivity contribution is 7.10. The minimum absolute atomic E-state index is 0.0570. The number of rotatable bonds is 6. The number of aromatic nitrogens is 1. The maximum Gasteiger partial charge on any atom is 0.250 e. The van der Waals surface area contributed by atoms with E-state index in [0.29, 0.717) is 18.5 Å². The van der Waals surface area contributed by atoms with Crippen molar-refractivity contribution in [1.82, 2.24) is 9.88 Å². The van der Waals surface area contributed by atoms with Crippen LogP contribution in [0, 0.1) is 5.92 Å². The normalized spacial score (nSPS) is 12.8. The second-order valence-electron chi connectivity index (χ2n) is 4.92. The van der Waals surface area contributed by atoms with Gasteiger partial charge < -0.3 is 9.88 Å². The maximum atomic E-state index is 11.6. The predicted molar refractivity (Wildman–Crippen MR) is 80.6 cm³/mol. The van der Waals surface area contributed by atoms with Crippen LogP contribution in [0.25, 0.3) is 0 Å². The molecule has 0 spiro atoms. The third-order valence-electron chi connectivity index (χ3n) is 3.13. The first-order valence-corrected chi connectivity index (χ1v) is 7.48. The average molecular weight is 276 g/mol. The molecular formula is C15H20N2OS. The number of thiophene rings is 1. The van der Waals surface area contributed by atoms with Gasteiger partial charge in [-0.15, -0.1) is 11.3 Å². The van der Waals surface area contributed by atoms with Crippen LogP contribution in [0.15, 0.2) is 46.7 Å². The molecule has 4 heteroatoms. The molecule has 1 unspecified atom stereocenters. The van der Waals surface area contributed by atoms with E-state index in [4.69, 9.17) is 0 Å². The lowest BCUT2D eigenvalue weighted by molar-refractivity contribution is 0.406. The molecule has 1 N–H and O–H groups in total. The molecule has 0 bridgehead atoms. The monoisotopic (exact) mass is 276 g/mol. The zero-order valence-corrected chi connectivity index (χ0v) is 12.2. The van der Waals surface area contributed by atoms with Crippen LogP contribution >= 0.6 is 11.3 Å². The van der Waals surface area contributed by atoms with Crippen molar-refractivity contribution in [2.45, 2.75) is 26.4 Å². The summed E-state index contributed by atoms with van der Waals surface area (Å²) in [5.74, 6) is 0.533. The van der Waals surface area contributed by atoms with Gasteiger partial charge in [0, 0.05) is 36.3 Å². The summed E-state index contributed by atoms with van der Waals surface area (Å²) < 4.78 is 1.73. The van der Waals surface area contributed by atoms with Crippen molar-refractivity contribution in [2.75, 3.05) is 6.54 Å². The van der Waals surface area contributed by atoms with E-state index in [0.717, 1.165) is 6.54 Å². The fourth-order valence-electron chi connectivity index (χ4n) is 2.12. The fourth-order valence-corrected chi connectivity index (χ4v) is 3.09. The van der Waals surface area contributed by atoms with E-state index in [1.54, 1.807) is 28.0 Å². The summed E-state index contributed by atoms with van der Waals surface area (Å²) in [5, 5.41) is 5.65. The summed E-state index contributed by atoms with van der Waals surface area (Å²) in [4.78, 5) is 13.0. The molecule has 0 aliphatic carbocycles. The number of hydrogen-bond acceptors (Lipinski definition) is 3. The van der Waals surface area contributed by atoms with Crippen molar-refractivity contribution < 1.29 is 0 Å². The van der Waals surface area contributed by atoms with Crippen LogP contribution in [0.4, 0.5) is 0 Å². The maximum absolute atomic E-state index is 11.6. The van der Waals surface area contributed by atoms with Gasteiger partial charge in [0.15, 0.2) is 0 Å². The number of nitrogens with zero attached hydrogens (tertiary/aromatic N) is 1. The number of pyridine rings is 1. The van der Waals surface area contributed by atoms with Gasteiger partial charge in [0.25, 0.3) is 5.56 Å². The third-order valence-corrected chi connectivity index (χ3v) is 4.09. The molecule has 102 valence electrons. The minimum Gasteiger partial charge on any atom is -0.314 e. The second-order valence-corrected chi connectivity index (χ2v) is 5.90. The summed E-state index contributed by atoms with van der Waals surface area (Å²) in [6, 6.07) is 9.86. The quantitative estimate of drug-likeness (QED) is 0.880. The Kier molecular flexibility index (Phi) is 4.93. The Morgan fingerprint density at radius 1 is 1.26 bits per heavy atom. The van der Waals surface area contributed by atoms with Gasteiger partial charge in [-0.1, -0.05) is 26.0 Å². The van der Waals surface area contributed by atoms with Crippen molar-refractivity contribution in [3.8, 4) is 0 Å². The first-order chi connectivity index (χ1) is 9.18. The SMILES string of the molecule is CC(C)C(NCCn1ccccc1=O)c1cccs1. The molecule has 2 rings (SSSR count). The first-order valence-electron chi connectivity index (χ1n) is 6.60. The lowest BCUT2D eigenvalue weighted by atomic mass is 10.0. The lowest BCUT2D eigenvalue weighted by Gasteiger charge is -2.21. The molecule has 0 aliphatic heterocycles. The van der Waals surface area contributed by atoms with Gasteiger partial charge in [-0.2, -0.15) is 0 Å². The molecular weight excluding hydrogens is 256 g/mol. The van der Waals surface area contributed by atoms with Gasteiger partial charge in [0.05, 0.1) is 0 Å². The van der Waals surface area contributed by atoms with E-state index >= 15 is 0 Å². The van der Waals surface area contributed by atoms with E-state index in [-0.39, 0.29) is 5.56 Å². The van der Waals surface area contributed by atoms with Crippen LogP contribution < -0.4 is 10.9 Å². The van der Waals surface area contributed by atoms with Gasteiger partial charge in [-0.3, -0.25) is 4.79 Å². The first kappa shape index (κ1) is 14.0. The van der Waals surface area contributed by atoms with E-state index in [1.165, 1.54) is 4.88 Å². The van der Waals surface area contributed by atoms with E-state index < -0.39 is 0 Å². The molecule has 1 atom stereocenters. The smallest absolute Gasteiger partial charge is 0.250 e. The molecule has 0 amide bonds. The molecule has 0 saturated heterocycles.